The van der Waals surface area contributed by atoms with E-state index in [1.807, 2.05) is 19.1 Å². The molecule has 1 aromatic rings. The van der Waals surface area contributed by atoms with Crippen LogP contribution in [0, 0.1) is 0 Å². The second kappa shape index (κ2) is 5.91. The van der Waals surface area contributed by atoms with Gasteiger partial charge in [0.1, 0.15) is 0 Å². The molecular weight excluding hydrogens is 248 g/mol. The third-order valence-electron chi connectivity index (χ3n) is 3.44. The number of benzene rings is 1. The van der Waals surface area contributed by atoms with Gasteiger partial charge in [0.2, 0.25) is 0 Å². The smallest absolute Gasteiger partial charge is 0.0762 e. The van der Waals surface area contributed by atoms with Crippen molar-refractivity contribution in [2.45, 2.75) is 31.9 Å². The standard InChI is InChI=1S/C14H21ClN2O/c1-10(16)8-12-13(15)4-3-5-14(12)17-7-6-11(9-17)18-2/h3-5,10-11H,6-9,16H2,1-2H3. The lowest BCUT2D eigenvalue weighted by molar-refractivity contribution is 0.121. The molecule has 2 rings (SSSR count). The van der Waals surface area contributed by atoms with E-state index in [1.54, 1.807) is 7.11 Å². The van der Waals surface area contributed by atoms with Gasteiger partial charge in [-0.25, -0.2) is 0 Å². The normalized spacial score (nSPS) is 21.3. The second-order valence-corrected chi connectivity index (χ2v) is 5.42. The zero-order chi connectivity index (χ0) is 13.1. The predicted molar refractivity (Wildman–Crippen MR) is 76.4 cm³/mol. The molecule has 1 saturated heterocycles. The van der Waals surface area contributed by atoms with Crippen molar-refractivity contribution in [3.05, 3.63) is 28.8 Å². The minimum atomic E-state index is 0.115. The maximum absolute atomic E-state index is 6.31. The van der Waals surface area contributed by atoms with E-state index in [2.05, 4.69) is 11.0 Å². The highest BCUT2D eigenvalue weighted by Crippen LogP contribution is 2.31. The summed E-state index contributed by atoms with van der Waals surface area (Å²) < 4.78 is 5.41. The van der Waals surface area contributed by atoms with Crippen LogP contribution in [0.5, 0.6) is 0 Å². The number of nitrogens with zero attached hydrogens (tertiary/aromatic N) is 1. The summed E-state index contributed by atoms with van der Waals surface area (Å²) in [5.74, 6) is 0. The number of anilines is 1. The lowest BCUT2D eigenvalue weighted by Gasteiger charge is -2.23. The molecule has 0 aliphatic carbocycles. The van der Waals surface area contributed by atoms with Gasteiger partial charge in [0.25, 0.3) is 0 Å². The van der Waals surface area contributed by atoms with Gasteiger partial charge >= 0.3 is 0 Å². The summed E-state index contributed by atoms with van der Waals surface area (Å²) in [7, 11) is 1.77. The van der Waals surface area contributed by atoms with Crippen molar-refractivity contribution >= 4 is 17.3 Å². The Hall–Kier alpha value is -0.770. The van der Waals surface area contributed by atoms with Gasteiger partial charge in [-0.05, 0) is 37.5 Å². The maximum atomic E-state index is 6.31. The average molecular weight is 269 g/mol. The molecule has 1 heterocycles. The Balaban J connectivity index is 2.24. The molecule has 1 aromatic carbocycles. The highest BCUT2D eigenvalue weighted by molar-refractivity contribution is 6.31. The number of ether oxygens (including phenoxy) is 1. The lowest BCUT2D eigenvalue weighted by atomic mass is 10.0. The van der Waals surface area contributed by atoms with Crippen molar-refractivity contribution in [2.24, 2.45) is 5.73 Å². The third-order valence-corrected chi connectivity index (χ3v) is 3.79. The largest absolute Gasteiger partial charge is 0.380 e. The fraction of sp³-hybridized carbons (Fsp3) is 0.571. The molecule has 2 atom stereocenters. The summed E-state index contributed by atoms with van der Waals surface area (Å²) in [5.41, 5.74) is 8.28. The molecule has 2 unspecified atom stereocenters. The lowest BCUT2D eigenvalue weighted by Crippen LogP contribution is -2.25. The van der Waals surface area contributed by atoms with E-state index in [1.165, 1.54) is 5.69 Å². The molecule has 0 spiro atoms. The summed E-state index contributed by atoms with van der Waals surface area (Å²) in [6, 6.07) is 6.18. The number of halogens is 1. The van der Waals surface area contributed by atoms with Crippen LogP contribution in [0.25, 0.3) is 0 Å². The first kappa shape index (κ1) is 13.7. The highest BCUT2D eigenvalue weighted by Gasteiger charge is 2.24. The Morgan fingerprint density at radius 1 is 1.56 bits per heavy atom. The number of rotatable bonds is 4. The molecule has 0 aromatic heterocycles. The Morgan fingerprint density at radius 2 is 2.33 bits per heavy atom. The van der Waals surface area contributed by atoms with Crippen molar-refractivity contribution < 1.29 is 4.74 Å². The van der Waals surface area contributed by atoms with Gasteiger partial charge in [-0.1, -0.05) is 17.7 Å². The van der Waals surface area contributed by atoms with Crippen LogP contribution in [-0.2, 0) is 11.2 Å². The van der Waals surface area contributed by atoms with Gasteiger partial charge in [-0.3, -0.25) is 0 Å². The Morgan fingerprint density at radius 3 is 2.94 bits per heavy atom. The minimum Gasteiger partial charge on any atom is -0.380 e. The van der Waals surface area contributed by atoms with Crippen molar-refractivity contribution in [1.29, 1.82) is 0 Å². The first-order valence-corrected chi connectivity index (χ1v) is 6.80. The van der Waals surface area contributed by atoms with Gasteiger partial charge in [0, 0.05) is 37.0 Å². The van der Waals surface area contributed by atoms with Gasteiger partial charge in [-0.2, -0.15) is 0 Å². The molecule has 4 heteroatoms. The summed E-state index contributed by atoms with van der Waals surface area (Å²) in [4.78, 5) is 2.34. The number of hydrogen-bond acceptors (Lipinski definition) is 3. The van der Waals surface area contributed by atoms with E-state index < -0.39 is 0 Å². The second-order valence-electron chi connectivity index (χ2n) is 5.01. The van der Waals surface area contributed by atoms with Crippen molar-refractivity contribution in [1.82, 2.24) is 0 Å². The van der Waals surface area contributed by atoms with Gasteiger partial charge in [-0.15, -0.1) is 0 Å². The van der Waals surface area contributed by atoms with Crippen molar-refractivity contribution in [3.63, 3.8) is 0 Å². The third kappa shape index (κ3) is 2.97. The SMILES string of the molecule is COC1CCN(c2cccc(Cl)c2CC(C)N)C1. The zero-order valence-electron chi connectivity index (χ0n) is 11.0. The van der Waals surface area contributed by atoms with E-state index in [9.17, 15) is 0 Å². The Kier molecular flexibility index (Phi) is 4.49. The maximum Gasteiger partial charge on any atom is 0.0762 e. The molecule has 1 aliphatic heterocycles. The van der Waals surface area contributed by atoms with Crippen LogP contribution < -0.4 is 10.6 Å². The van der Waals surface area contributed by atoms with Gasteiger partial charge < -0.3 is 15.4 Å². The molecule has 0 radical (unpaired) electrons. The molecule has 1 fully saturated rings. The van der Waals surface area contributed by atoms with E-state index in [0.717, 1.165) is 36.5 Å². The van der Waals surface area contributed by atoms with E-state index in [0.29, 0.717) is 6.10 Å². The molecule has 0 saturated carbocycles. The van der Waals surface area contributed by atoms with Crippen LogP contribution in [0.4, 0.5) is 5.69 Å². The quantitative estimate of drug-likeness (QED) is 0.912. The minimum absolute atomic E-state index is 0.115. The Bertz CT molecular complexity index is 409. The first-order chi connectivity index (χ1) is 8.61. The molecule has 3 nitrogen and oxygen atoms in total. The van der Waals surface area contributed by atoms with E-state index in [-0.39, 0.29) is 6.04 Å². The monoisotopic (exact) mass is 268 g/mol. The number of hydrogen-bond donors (Lipinski definition) is 1. The van der Waals surface area contributed by atoms with E-state index >= 15 is 0 Å². The number of methoxy groups -OCH3 is 1. The van der Waals surface area contributed by atoms with Crippen LogP contribution in [0.2, 0.25) is 5.02 Å². The average Bonchev–Trinajstić information content (AvgIpc) is 2.80. The highest BCUT2D eigenvalue weighted by atomic mass is 35.5. The summed E-state index contributed by atoms with van der Waals surface area (Å²) in [6.07, 6.45) is 2.20. The fourth-order valence-electron chi connectivity index (χ4n) is 2.51. The number of nitrogens with two attached hydrogens (primary N) is 1. The van der Waals surface area contributed by atoms with Crippen LogP contribution in [0.3, 0.4) is 0 Å². The Labute approximate surface area is 114 Å². The summed E-state index contributed by atoms with van der Waals surface area (Å²) in [5, 5.41) is 0.811. The summed E-state index contributed by atoms with van der Waals surface area (Å²) in [6.45, 7) is 3.96. The predicted octanol–water partition coefficient (Wildman–Crippen LogP) is 2.45. The molecule has 100 valence electrons. The van der Waals surface area contributed by atoms with Gasteiger partial charge in [0.05, 0.1) is 6.10 Å². The topological polar surface area (TPSA) is 38.5 Å². The van der Waals surface area contributed by atoms with Crippen LogP contribution in [0.1, 0.15) is 18.9 Å². The van der Waals surface area contributed by atoms with Crippen molar-refractivity contribution in [3.8, 4) is 0 Å². The first-order valence-electron chi connectivity index (χ1n) is 6.42. The molecule has 18 heavy (non-hydrogen) atoms. The molecule has 0 bridgehead atoms. The van der Waals surface area contributed by atoms with Gasteiger partial charge in [0.15, 0.2) is 0 Å². The molecule has 1 aliphatic rings. The van der Waals surface area contributed by atoms with Crippen LogP contribution in [0.15, 0.2) is 18.2 Å². The molecular formula is C14H21ClN2O. The fourth-order valence-corrected chi connectivity index (χ4v) is 2.75. The molecule has 0 amide bonds. The summed E-state index contributed by atoms with van der Waals surface area (Å²) >= 11 is 6.31. The zero-order valence-corrected chi connectivity index (χ0v) is 11.8. The van der Waals surface area contributed by atoms with Crippen LogP contribution in [-0.4, -0.2) is 32.3 Å². The van der Waals surface area contributed by atoms with E-state index in [4.69, 9.17) is 22.1 Å². The van der Waals surface area contributed by atoms with Crippen LogP contribution >= 0.6 is 11.6 Å². The molecule has 2 N–H and O–H groups in total. The van der Waals surface area contributed by atoms with Crippen molar-refractivity contribution in [2.75, 3.05) is 25.1 Å².